The molecule has 0 fully saturated rings. The van der Waals surface area contributed by atoms with Crippen molar-refractivity contribution < 1.29 is 0 Å². The van der Waals surface area contributed by atoms with Crippen LogP contribution in [0.5, 0.6) is 0 Å². The van der Waals surface area contributed by atoms with Gasteiger partial charge in [-0.05, 0) is 25.0 Å². The zero-order valence-electron chi connectivity index (χ0n) is 14.5. The first-order valence-electron chi connectivity index (χ1n) is 8.83. The molecule has 5 nitrogen and oxygen atoms in total. The molecule has 0 unspecified atom stereocenters. The summed E-state index contributed by atoms with van der Waals surface area (Å²) in [5, 5.41) is 0. The predicted molar refractivity (Wildman–Crippen MR) is 96.5 cm³/mol. The minimum absolute atomic E-state index is 0.902. The summed E-state index contributed by atoms with van der Waals surface area (Å²) in [6.45, 7) is 6.35. The molecule has 0 aliphatic heterocycles. The molecule has 0 atom stereocenters. The summed E-state index contributed by atoms with van der Waals surface area (Å²) in [7, 11) is 0. The molecule has 0 saturated carbocycles. The molecule has 5 heteroatoms. The van der Waals surface area contributed by atoms with E-state index in [9.17, 15) is 0 Å². The molecule has 0 amide bonds. The van der Waals surface area contributed by atoms with Crippen LogP contribution in [0.25, 0.3) is 23.0 Å². The molecule has 3 aromatic heterocycles. The molecular weight excluding hydrogens is 298 g/mol. The van der Waals surface area contributed by atoms with Gasteiger partial charge in [-0.2, -0.15) is 0 Å². The van der Waals surface area contributed by atoms with Crippen molar-refractivity contribution in [1.82, 2.24) is 24.1 Å². The molecule has 0 aromatic carbocycles. The third-order valence-corrected chi connectivity index (χ3v) is 4.14. The van der Waals surface area contributed by atoms with Crippen LogP contribution in [0, 0.1) is 0 Å². The van der Waals surface area contributed by atoms with Gasteiger partial charge < -0.3 is 9.13 Å². The normalized spacial score (nSPS) is 11.1. The fourth-order valence-corrected chi connectivity index (χ4v) is 2.79. The van der Waals surface area contributed by atoms with Crippen LogP contribution in [0.15, 0.2) is 43.0 Å². The number of pyridine rings is 1. The van der Waals surface area contributed by atoms with E-state index in [1.165, 1.54) is 12.8 Å². The van der Waals surface area contributed by atoms with E-state index in [-0.39, 0.29) is 0 Å². The summed E-state index contributed by atoms with van der Waals surface area (Å²) in [5.41, 5.74) is 1.80. The van der Waals surface area contributed by atoms with Gasteiger partial charge in [0.1, 0.15) is 11.4 Å². The van der Waals surface area contributed by atoms with Crippen molar-refractivity contribution in [2.75, 3.05) is 0 Å². The monoisotopic (exact) mass is 323 g/mol. The van der Waals surface area contributed by atoms with E-state index in [1.807, 2.05) is 43.0 Å². The first-order valence-corrected chi connectivity index (χ1v) is 8.83. The molecule has 3 aromatic rings. The van der Waals surface area contributed by atoms with Crippen molar-refractivity contribution in [3.8, 4) is 23.0 Å². The second kappa shape index (κ2) is 7.90. The van der Waals surface area contributed by atoms with Crippen LogP contribution in [0.4, 0.5) is 0 Å². The summed E-state index contributed by atoms with van der Waals surface area (Å²) < 4.78 is 4.36. The van der Waals surface area contributed by atoms with Crippen molar-refractivity contribution in [3.63, 3.8) is 0 Å². The summed E-state index contributed by atoms with van der Waals surface area (Å²) in [6, 6.07) is 6.08. The van der Waals surface area contributed by atoms with Crippen molar-refractivity contribution >= 4 is 0 Å². The lowest BCUT2D eigenvalue weighted by Gasteiger charge is -2.09. The predicted octanol–water partition coefficient (Wildman–Crippen LogP) is 4.41. The van der Waals surface area contributed by atoms with E-state index < -0.39 is 0 Å². The molecular formula is C19H25N5. The van der Waals surface area contributed by atoms with Crippen LogP contribution >= 0.6 is 0 Å². The lowest BCUT2D eigenvalue weighted by Crippen LogP contribution is -2.03. The van der Waals surface area contributed by atoms with Gasteiger partial charge in [-0.3, -0.25) is 0 Å². The molecule has 0 aliphatic rings. The summed E-state index contributed by atoms with van der Waals surface area (Å²) in [4.78, 5) is 13.8. The number of aryl methyl sites for hydroxylation is 2. The molecule has 0 aliphatic carbocycles. The molecule has 126 valence electrons. The fraction of sp³-hybridized carbons (Fsp3) is 0.421. The molecule has 0 bridgehead atoms. The zero-order chi connectivity index (χ0) is 16.8. The Bertz CT molecular complexity index is 710. The molecule has 0 spiro atoms. The van der Waals surface area contributed by atoms with Gasteiger partial charge in [-0.1, -0.05) is 32.8 Å². The summed E-state index contributed by atoms with van der Waals surface area (Å²) in [5.74, 6) is 1.86. The lowest BCUT2D eigenvalue weighted by atomic mass is 10.2. The number of nitrogens with zero attached hydrogens (tertiary/aromatic N) is 5. The second-order valence-electron chi connectivity index (χ2n) is 6.00. The zero-order valence-corrected chi connectivity index (χ0v) is 14.5. The van der Waals surface area contributed by atoms with Crippen LogP contribution in [0.1, 0.15) is 39.5 Å². The maximum atomic E-state index is 4.83. The van der Waals surface area contributed by atoms with E-state index in [1.54, 1.807) is 0 Å². The van der Waals surface area contributed by atoms with Gasteiger partial charge in [0.2, 0.25) is 0 Å². The minimum Gasteiger partial charge on any atom is -0.330 e. The van der Waals surface area contributed by atoms with E-state index in [2.05, 4.69) is 32.9 Å². The van der Waals surface area contributed by atoms with Gasteiger partial charge in [-0.15, -0.1) is 0 Å². The van der Waals surface area contributed by atoms with Crippen LogP contribution in [-0.2, 0) is 13.1 Å². The highest BCUT2D eigenvalue weighted by Gasteiger charge is 2.11. The van der Waals surface area contributed by atoms with E-state index >= 15 is 0 Å². The van der Waals surface area contributed by atoms with Gasteiger partial charge in [0.15, 0.2) is 11.6 Å². The Morgan fingerprint density at radius 1 is 0.792 bits per heavy atom. The molecule has 3 heterocycles. The second-order valence-corrected chi connectivity index (χ2v) is 6.00. The van der Waals surface area contributed by atoms with E-state index in [4.69, 9.17) is 4.98 Å². The average Bonchev–Trinajstić information content (AvgIpc) is 3.27. The Morgan fingerprint density at radius 2 is 1.29 bits per heavy atom. The number of imidazole rings is 2. The molecule has 0 N–H and O–H groups in total. The third kappa shape index (κ3) is 3.55. The van der Waals surface area contributed by atoms with Gasteiger partial charge >= 0.3 is 0 Å². The van der Waals surface area contributed by atoms with Crippen LogP contribution in [0.3, 0.4) is 0 Å². The minimum atomic E-state index is 0.902. The Hall–Kier alpha value is -2.43. The Kier molecular flexibility index (Phi) is 5.41. The molecule has 0 radical (unpaired) electrons. The van der Waals surface area contributed by atoms with Crippen molar-refractivity contribution in [1.29, 1.82) is 0 Å². The highest BCUT2D eigenvalue weighted by molar-refractivity contribution is 5.58. The van der Waals surface area contributed by atoms with Crippen LogP contribution in [-0.4, -0.2) is 24.1 Å². The van der Waals surface area contributed by atoms with Crippen molar-refractivity contribution in [2.24, 2.45) is 0 Å². The topological polar surface area (TPSA) is 48.5 Å². The first kappa shape index (κ1) is 16.4. The standard InChI is InChI=1S/C19H25N5/c1-3-5-12-23-14-10-20-18(23)16-8-7-9-17(22-16)19-21-11-15-24(19)13-6-4-2/h7-11,14-15H,3-6,12-13H2,1-2H3. The molecule has 24 heavy (non-hydrogen) atoms. The number of hydrogen-bond donors (Lipinski definition) is 0. The summed E-state index contributed by atoms with van der Waals surface area (Å²) in [6.07, 6.45) is 12.4. The van der Waals surface area contributed by atoms with Gasteiger partial charge in [-0.25, -0.2) is 15.0 Å². The van der Waals surface area contributed by atoms with Gasteiger partial charge in [0, 0.05) is 37.9 Å². The maximum Gasteiger partial charge on any atom is 0.158 e. The van der Waals surface area contributed by atoms with Crippen LogP contribution < -0.4 is 0 Å². The lowest BCUT2D eigenvalue weighted by molar-refractivity contribution is 0.634. The Morgan fingerprint density at radius 3 is 1.75 bits per heavy atom. The largest absolute Gasteiger partial charge is 0.330 e. The number of unbranched alkanes of at least 4 members (excludes halogenated alkanes) is 2. The number of aromatic nitrogens is 5. The quantitative estimate of drug-likeness (QED) is 0.617. The van der Waals surface area contributed by atoms with Crippen molar-refractivity contribution in [2.45, 2.75) is 52.6 Å². The van der Waals surface area contributed by atoms with E-state index in [0.29, 0.717) is 0 Å². The van der Waals surface area contributed by atoms with Gasteiger partial charge in [0.05, 0.1) is 0 Å². The highest BCUT2D eigenvalue weighted by atomic mass is 15.1. The fourth-order valence-electron chi connectivity index (χ4n) is 2.79. The number of rotatable bonds is 8. The SMILES string of the molecule is CCCCn1ccnc1-c1cccc(-c2nccn2CCCC)n1. The van der Waals surface area contributed by atoms with Crippen LogP contribution in [0.2, 0.25) is 0 Å². The van der Waals surface area contributed by atoms with E-state index in [0.717, 1.165) is 49.0 Å². The Labute approximate surface area is 143 Å². The number of hydrogen-bond acceptors (Lipinski definition) is 3. The smallest absolute Gasteiger partial charge is 0.158 e. The average molecular weight is 323 g/mol. The maximum absolute atomic E-state index is 4.83. The highest BCUT2D eigenvalue weighted by Crippen LogP contribution is 2.21. The van der Waals surface area contributed by atoms with Gasteiger partial charge in [0.25, 0.3) is 0 Å². The van der Waals surface area contributed by atoms with Crippen molar-refractivity contribution in [3.05, 3.63) is 43.0 Å². The first-order chi connectivity index (χ1) is 11.8. The molecule has 0 saturated heterocycles. The Balaban J connectivity index is 1.90. The molecule has 3 rings (SSSR count). The summed E-state index contributed by atoms with van der Waals surface area (Å²) >= 11 is 0. The third-order valence-electron chi connectivity index (χ3n) is 4.14.